The van der Waals surface area contributed by atoms with Crippen LogP contribution in [0.15, 0.2) is 0 Å². The van der Waals surface area contributed by atoms with Crippen molar-refractivity contribution in [3.05, 3.63) is 0 Å². The van der Waals surface area contributed by atoms with Crippen LogP contribution in [0.3, 0.4) is 0 Å². The van der Waals surface area contributed by atoms with E-state index >= 15 is 0 Å². The highest BCUT2D eigenvalue weighted by Crippen LogP contribution is 2.18. The molecule has 0 aliphatic carbocycles. The lowest BCUT2D eigenvalue weighted by atomic mass is 10.1. The molecule has 0 radical (unpaired) electrons. The summed E-state index contributed by atoms with van der Waals surface area (Å²) < 4.78 is 9.12. The summed E-state index contributed by atoms with van der Waals surface area (Å²) in [7, 11) is 0. The SMILES string of the molecule is CC(=O)O[C@@H]1[C@@H](CO)OC(=O)[C@@H]1O. The van der Waals surface area contributed by atoms with Crippen LogP contribution in [0.4, 0.5) is 0 Å². The average molecular weight is 190 g/mol. The Labute approximate surface area is 74.1 Å². The molecule has 0 spiro atoms. The van der Waals surface area contributed by atoms with Crippen LogP contribution in [0.25, 0.3) is 0 Å². The van der Waals surface area contributed by atoms with Crippen LogP contribution in [-0.4, -0.2) is 47.1 Å². The van der Waals surface area contributed by atoms with Crippen molar-refractivity contribution in [3.8, 4) is 0 Å². The molecule has 0 bridgehead atoms. The molecule has 1 aliphatic heterocycles. The summed E-state index contributed by atoms with van der Waals surface area (Å²) in [6.45, 7) is 0.657. The van der Waals surface area contributed by atoms with Gasteiger partial charge in [-0.25, -0.2) is 4.79 Å². The van der Waals surface area contributed by atoms with Crippen LogP contribution in [0.2, 0.25) is 0 Å². The third-order valence-corrected chi connectivity index (χ3v) is 1.67. The number of esters is 2. The molecule has 0 aromatic carbocycles. The van der Waals surface area contributed by atoms with E-state index in [9.17, 15) is 9.59 Å². The van der Waals surface area contributed by atoms with Crippen LogP contribution in [0, 0.1) is 0 Å². The summed E-state index contributed by atoms with van der Waals surface area (Å²) in [5.41, 5.74) is 0. The van der Waals surface area contributed by atoms with E-state index in [-0.39, 0.29) is 0 Å². The van der Waals surface area contributed by atoms with Crippen molar-refractivity contribution < 1.29 is 29.3 Å². The smallest absolute Gasteiger partial charge is 0.339 e. The van der Waals surface area contributed by atoms with Crippen LogP contribution in [0.5, 0.6) is 0 Å². The van der Waals surface area contributed by atoms with Gasteiger partial charge < -0.3 is 19.7 Å². The Morgan fingerprint density at radius 2 is 2.31 bits per heavy atom. The first-order chi connectivity index (χ1) is 6.06. The molecule has 1 fully saturated rings. The highest BCUT2D eigenvalue weighted by molar-refractivity contribution is 5.78. The van der Waals surface area contributed by atoms with Crippen molar-refractivity contribution in [2.24, 2.45) is 0 Å². The molecule has 0 aromatic heterocycles. The number of aliphatic hydroxyl groups excluding tert-OH is 2. The van der Waals surface area contributed by atoms with Gasteiger partial charge in [-0.1, -0.05) is 0 Å². The van der Waals surface area contributed by atoms with E-state index in [1.165, 1.54) is 0 Å². The number of ether oxygens (including phenoxy) is 2. The predicted molar refractivity (Wildman–Crippen MR) is 38.5 cm³/mol. The van der Waals surface area contributed by atoms with Gasteiger partial charge in [-0.05, 0) is 0 Å². The second-order valence-corrected chi connectivity index (χ2v) is 2.68. The second kappa shape index (κ2) is 3.71. The number of aliphatic hydroxyl groups is 2. The van der Waals surface area contributed by atoms with E-state index < -0.39 is 36.9 Å². The van der Waals surface area contributed by atoms with Gasteiger partial charge in [0, 0.05) is 6.92 Å². The van der Waals surface area contributed by atoms with Gasteiger partial charge in [-0.15, -0.1) is 0 Å². The molecule has 13 heavy (non-hydrogen) atoms. The Kier molecular flexibility index (Phi) is 2.84. The average Bonchev–Trinajstić information content (AvgIpc) is 2.31. The molecule has 0 amide bonds. The van der Waals surface area contributed by atoms with Crippen molar-refractivity contribution >= 4 is 11.9 Å². The Hall–Kier alpha value is -1.14. The molecule has 74 valence electrons. The van der Waals surface area contributed by atoms with Crippen molar-refractivity contribution in [3.63, 3.8) is 0 Å². The van der Waals surface area contributed by atoms with E-state index in [2.05, 4.69) is 9.47 Å². The zero-order valence-corrected chi connectivity index (χ0v) is 6.97. The van der Waals surface area contributed by atoms with Crippen LogP contribution < -0.4 is 0 Å². The van der Waals surface area contributed by atoms with Crippen LogP contribution in [0.1, 0.15) is 6.92 Å². The molecule has 3 atom stereocenters. The van der Waals surface area contributed by atoms with Crippen molar-refractivity contribution in [2.75, 3.05) is 6.61 Å². The minimum Gasteiger partial charge on any atom is -0.455 e. The summed E-state index contributed by atoms with van der Waals surface area (Å²) in [6.07, 6.45) is -3.57. The van der Waals surface area contributed by atoms with Gasteiger partial charge >= 0.3 is 11.9 Å². The molecule has 2 N–H and O–H groups in total. The summed E-state index contributed by atoms with van der Waals surface area (Å²) in [4.78, 5) is 21.3. The normalized spacial score (nSPS) is 32.8. The molecule has 1 saturated heterocycles. The number of hydrogen-bond donors (Lipinski definition) is 2. The first-order valence-corrected chi connectivity index (χ1v) is 3.73. The highest BCUT2D eigenvalue weighted by Gasteiger charge is 2.45. The molecule has 1 rings (SSSR count). The topological polar surface area (TPSA) is 93.1 Å². The third kappa shape index (κ3) is 1.96. The van der Waals surface area contributed by atoms with Crippen LogP contribution in [-0.2, 0) is 19.1 Å². The lowest BCUT2D eigenvalue weighted by Gasteiger charge is -2.15. The number of cyclic esters (lactones) is 1. The minimum absolute atomic E-state index is 0.485. The molecule has 6 heteroatoms. The molecule has 0 saturated carbocycles. The Morgan fingerprint density at radius 1 is 1.69 bits per heavy atom. The molecule has 1 aliphatic rings. The fraction of sp³-hybridized carbons (Fsp3) is 0.714. The van der Waals surface area contributed by atoms with Crippen molar-refractivity contribution in [1.29, 1.82) is 0 Å². The van der Waals surface area contributed by atoms with Gasteiger partial charge in [-0.3, -0.25) is 4.79 Å². The lowest BCUT2D eigenvalue weighted by molar-refractivity contribution is -0.153. The number of rotatable bonds is 2. The monoisotopic (exact) mass is 190 g/mol. The van der Waals surface area contributed by atoms with Crippen molar-refractivity contribution in [2.45, 2.75) is 25.2 Å². The summed E-state index contributed by atoms with van der Waals surface area (Å²) in [5.74, 6) is -1.52. The maximum Gasteiger partial charge on any atom is 0.339 e. The fourth-order valence-corrected chi connectivity index (χ4v) is 1.10. The fourth-order valence-electron chi connectivity index (χ4n) is 1.10. The maximum atomic E-state index is 10.8. The maximum absolute atomic E-state index is 10.8. The summed E-state index contributed by atoms with van der Waals surface area (Å²) >= 11 is 0. The highest BCUT2D eigenvalue weighted by atomic mass is 16.6. The second-order valence-electron chi connectivity index (χ2n) is 2.68. The standard InChI is InChI=1S/C7H10O6/c1-3(9)12-6-4(2-8)13-7(11)5(6)10/h4-6,8,10H,2H2,1H3/t4-,5-,6-/m1/s1. The van der Waals surface area contributed by atoms with Gasteiger partial charge in [0.1, 0.15) is 0 Å². The van der Waals surface area contributed by atoms with E-state index in [4.69, 9.17) is 10.2 Å². The lowest BCUT2D eigenvalue weighted by Crippen LogP contribution is -2.37. The Bertz CT molecular complexity index is 225. The summed E-state index contributed by atoms with van der Waals surface area (Å²) in [5, 5.41) is 17.9. The quantitative estimate of drug-likeness (QED) is 0.499. The molecule has 6 nitrogen and oxygen atoms in total. The molecule has 1 heterocycles. The molecular formula is C7H10O6. The number of carbonyl (C=O) groups is 2. The van der Waals surface area contributed by atoms with E-state index in [1.54, 1.807) is 0 Å². The van der Waals surface area contributed by atoms with Gasteiger partial charge in [0.2, 0.25) is 0 Å². The third-order valence-electron chi connectivity index (χ3n) is 1.67. The molecule has 0 aromatic rings. The number of hydrogen-bond acceptors (Lipinski definition) is 6. The van der Waals surface area contributed by atoms with Crippen LogP contribution >= 0.6 is 0 Å². The summed E-state index contributed by atoms with van der Waals surface area (Å²) in [6, 6.07) is 0. The Balaban J connectivity index is 2.67. The predicted octanol–water partition coefficient (Wildman–Crippen LogP) is -1.80. The van der Waals surface area contributed by atoms with Gasteiger partial charge in [-0.2, -0.15) is 0 Å². The van der Waals surface area contributed by atoms with E-state index in [0.717, 1.165) is 6.92 Å². The van der Waals surface area contributed by atoms with Gasteiger partial charge in [0.25, 0.3) is 0 Å². The Morgan fingerprint density at radius 3 is 2.77 bits per heavy atom. The van der Waals surface area contributed by atoms with Gasteiger partial charge in [0.05, 0.1) is 6.61 Å². The first kappa shape index (κ1) is 9.94. The van der Waals surface area contributed by atoms with Gasteiger partial charge in [0.15, 0.2) is 18.3 Å². The minimum atomic E-state index is -1.50. The largest absolute Gasteiger partial charge is 0.455 e. The first-order valence-electron chi connectivity index (χ1n) is 3.73. The number of carbonyl (C=O) groups excluding carboxylic acids is 2. The molecule has 0 unspecified atom stereocenters. The zero-order valence-electron chi connectivity index (χ0n) is 6.97. The van der Waals surface area contributed by atoms with E-state index in [1.807, 2.05) is 0 Å². The zero-order chi connectivity index (χ0) is 10.0. The molecular weight excluding hydrogens is 180 g/mol. The van der Waals surface area contributed by atoms with E-state index in [0.29, 0.717) is 0 Å². The van der Waals surface area contributed by atoms with Crippen molar-refractivity contribution in [1.82, 2.24) is 0 Å².